The van der Waals surface area contributed by atoms with Gasteiger partial charge in [-0.05, 0) is 49.3 Å². The Morgan fingerprint density at radius 3 is 2.61 bits per heavy atom. The highest BCUT2D eigenvalue weighted by Gasteiger charge is 2.52. The Balaban J connectivity index is 1.32. The van der Waals surface area contributed by atoms with E-state index in [-0.39, 0.29) is 24.4 Å². The summed E-state index contributed by atoms with van der Waals surface area (Å²) in [4.78, 5) is 46.7. The number of nitrogens with one attached hydrogen (secondary N) is 1. The summed E-state index contributed by atoms with van der Waals surface area (Å²) in [6.07, 6.45) is 2.42. The van der Waals surface area contributed by atoms with Gasteiger partial charge in [-0.2, -0.15) is 0 Å². The number of pyridine rings is 1. The number of benzene rings is 2. The van der Waals surface area contributed by atoms with Crippen molar-refractivity contribution in [2.45, 2.75) is 38.8 Å². The molecule has 1 aromatic heterocycles. The van der Waals surface area contributed by atoms with E-state index in [1.54, 1.807) is 11.1 Å². The largest absolute Gasteiger partial charge is 0.337 e. The SMILES string of the molecule is Cc1ccc(C)c(CN2C(=O)NC3(CCN(C(=O)c4nccc5ccccc45)CC3)C2=O)c1. The van der Waals surface area contributed by atoms with Crippen molar-refractivity contribution in [3.8, 4) is 0 Å². The van der Waals surface area contributed by atoms with E-state index in [2.05, 4.69) is 10.3 Å². The van der Waals surface area contributed by atoms with E-state index in [0.29, 0.717) is 31.6 Å². The van der Waals surface area contributed by atoms with Crippen LogP contribution in [0, 0.1) is 13.8 Å². The third kappa shape index (κ3) is 3.63. The van der Waals surface area contributed by atoms with Gasteiger partial charge in [0, 0.05) is 24.7 Å². The number of urea groups is 1. The summed E-state index contributed by atoms with van der Waals surface area (Å²) < 4.78 is 0. The highest BCUT2D eigenvalue weighted by molar-refractivity contribution is 6.08. The van der Waals surface area contributed by atoms with Crippen LogP contribution in [0.15, 0.2) is 54.7 Å². The highest BCUT2D eigenvalue weighted by atomic mass is 16.2. The van der Waals surface area contributed by atoms with Gasteiger partial charge in [-0.1, -0.05) is 48.0 Å². The predicted octanol–water partition coefficient (Wildman–Crippen LogP) is 3.58. The fourth-order valence-corrected chi connectivity index (χ4v) is 4.83. The molecule has 0 unspecified atom stereocenters. The zero-order valence-electron chi connectivity index (χ0n) is 18.8. The number of imide groups is 1. The van der Waals surface area contributed by atoms with Crippen LogP contribution in [-0.2, 0) is 11.3 Å². The maximum absolute atomic E-state index is 13.3. The molecule has 0 saturated carbocycles. The summed E-state index contributed by atoms with van der Waals surface area (Å²) in [6, 6.07) is 15.2. The molecule has 2 aromatic carbocycles. The number of fused-ring (bicyclic) bond motifs is 1. The van der Waals surface area contributed by atoms with Crippen LogP contribution in [0.1, 0.15) is 40.0 Å². The number of likely N-dealkylation sites (tertiary alicyclic amines) is 1. The fraction of sp³-hybridized carbons (Fsp3) is 0.308. The van der Waals surface area contributed by atoms with E-state index >= 15 is 0 Å². The Kier molecular flexibility index (Phi) is 5.12. The van der Waals surface area contributed by atoms with Gasteiger partial charge in [0.1, 0.15) is 11.2 Å². The van der Waals surface area contributed by atoms with E-state index in [0.717, 1.165) is 27.5 Å². The molecule has 3 heterocycles. The summed E-state index contributed by atoms with van der Waals surface area (Å²) >= 11 is 0. The molecule has 0 atom stereocenters. The second-order valence-electron chi connectivity index (χ2n) is 9.01. The molecular weight excluding hydrogens is 416 g/mol. The maximum atomic E-state index is 13.3. The minimum atomic E-state index is -0.947. The summed E-state index contributed by atoms with van der Waals surface area (Å²) in [6.45, 7) is 4.99. The molecule has 33 heavy (non-hydrogen) atoms. The number of hydrogen-bond donors (Lipinski definition) is 1. The number of carbonyl (C=O) groups is 3. The van der Waals surface area contributed by atoms with Crippen molar-refractivity contribution in [1.29, 1.82) is 0 Å². The average molecular weight is 443 g/mol. The number of aryl methyl sites for hydroxylation is 2. The van der Waals surface area contributed by atoms with Gasteiger partial charge in [0.15, 0.2) is 0 Å². The Labute approximate surface area is 192 Å². The lowest BCUT2D eigenvalue weighted by atomic mass is 9.87. The van der Waals surface area contributed by atoms with Gasteiger partial charge >= 0.3 is 6.03 Å². The molecule has 0 radical (unpaired) electrons. The number of nitrogens with zero attached hydrogens (tertiary/aromatic N) is 3. The van der Waals surface area contributed by atoms with E-state index in [1.165, 1.54) is 4.90 Å². The van der Waals surface area contributed by atoms with Crippen LogP contribution in [0.3, 0.4) is 0 Å². The molecule has 3 aromatic rings. The van der Waals surface area contributed by atoms with Gasteiger partial charge in [-0.15, -0.1) is 0 Å². The molecular formula is C26H26N4O3. The molecule has 0 aliphatic carbocycles. The molecule has 2 aliphatic rings. The molecule has 7 nitrogen and oxygen atoms in total. The molecule has 0 bridgehead atoms. The van der Waals surface area contributed by atoms with Gasteiger partial charge in [0.05, 0.1) is 6.54 Å². The number of amides is 4. The van der Waals surface area contributed by atoms with Crippen molar-refractivity contribution >= 4 is 28.6 Å². The van der Waals surface area contributed by atoms with Gasteiger partial charge in [0.25, 0.3) is 11.8 Å². The third-order valence-electron chi connectivity index (χ3n) is 6.86. The number of hydrogen-bond acceptors (Lipinski definition) is 4. The smallest absolute Gasteiger partial charge is 0.325 e. The van der Waals surface area contributed by atoms with Gasteiger partial charge in [-0.25, -0.2) is 4.79 Å². The first-order valence-corrected chi connectivity index (χ1v) is 11.2. The van der Waals surface area contributed by atoms with Crippen molar-refractivity contribution in [2.75, 3.05) is 13.1 Å². The van der Waals surface area contributed by atoms with Crippen molar-refractivity contribution in [3.63, 3.8) is 0 Å². The fourth-order valence-electron chi connectivity index (χ4n) is 4.83. The number of rotatable bonds is 3. The Hall–Kier alpha value is -3.74. The lowest BCUT2D eigenvalue weighted by Gasteiger charge is -2.37. The highest BCUT2D eigenvalue weighted by Crippen LogP contribution is 2.32. The van der Waals surface area contributed by atoms with E-state index in [1.807, 2.05) is 62.4 Å². The number of carbonyl (C=O) groups excluding carboxylic acids is 3. The Morgan fingerprint density at radius 1 is 1.06 bits per heavy atom. The van der Waals surface area contributed by atoms with Crippen molar-refractivity contribution < 1.29 is 14.4 Å². The van der Waals surface area contributed by atoms with Gasteiger partial charge in [0.2, 0.25) is 0 Å². The summed E-state index contributed by atoms with van der Waals surface area (Å²) in [7, 11) is 0. The first-order chi connectivity index (χ1) is 15.9. The Morgan fingerprint density at radius 2 is 1.82 bits per heavy atom. The number of piperidine rings is 1. The van der Waals surface area contributed by atoms with E-state index in [9.17, 15) is 14.4 Å². The van der Waals surface area contributed by atoms with Crippen LogP contribution < -0.4 is 5.32 Å². The van der Waals surface area contributed by atoms with Crippen LogP contribution in [0.2, 0.25) is 0 Å². The third-order valence-corrected chi connectivity index (χ3v) is 6.86. The predicted molar refractivity (Wildman–Crippen MR) is 125 cm³/mol. The summed E-state index contributed by atoms with van der Waals surface area (Å²) in [5.41, 5.74) is 2.57. The normalized spacial score (nSPS) is 17.6. The lowest BCUT2D eigenvalue weighted by molar-refractivity contribution is -0.133. The van der Waals surface area contributed by atoms with Crippen LogP contribution in [0.25, 0.3) is 10.8 Å². The van der Waals surface area contributed by atoms with Crippen molar-refractivity contribution in [2.24, 2.45) is 0 Å². The minimum Gasteiger partial charge on any atom is -0.337 e. The van der Waals surface area contributed by atoms with Crippen LogP contribution in [0.5, 0.6) is 0 Å². The quantitative estimate of drug-likeness (QED) is 0.629. The zero-order chi connectivity index (χ0) is 23.2. The Bertz CT molecular complexity index is 1270. The number of aromatic nitrogens is 1. The molecule has 2 aliphatic heterocycles. The second-order valence-corrected chi connectivity index (χ2v) is 9.01. The van der Waals surface area contributed by atoms with Gasteiger partial charge in [-0.3, -0.25) is 19.5 Å². The molecule has 2 saturated heterocycles. The van der Waals surface area contributed by atoms with Crippen LogP contribution in [0.4, 0.5) is 4.79 Å². The first kappa shape index (κ1) is 21.1. The van der Waals surface area contributed by atoms with Crippen LogP contribution in [-0.4, -0.2) is 51.3 Å². The molecule has 7 heteroatoms. The summed E-state index contributed by atoms with van der Waals surface area (Å²) in [5, 5.41) is 4.71. The van der Waals surface area contributed by atoms with Crippen molar-refractivity contribution in [1.82, 2.24) is 20.1 Å². The molecule has 1 spiro atoms. The van der Waals surface area contributed by atoms with Crippen molar-refractivity contribution in [3.05, 3.63) is 77.1 Å². The molecule has 1 N–H and O–H groups in total. The first-order valence-electron chi connectivity index (χ1n) is 11.2. The minimum absolute atomic E-state index is 0.148. The van der Waals surface area contributed by atoms with E-state index < -0.39 is 5.54 Å². The topological polar surface area (TPSA) is 82.6 Å². The van der Waals surface area contributed by atoms with Gasteiger partial charge < -0.3 is 10.2 Å². The molecule has 4 amide bonds. The monoisotopic (exact) mass is 442 g/mol. The lowest BCUT2D eigenvalue weighted by Crippen LogP contribution is -2.56. The average Bonchev–Trinajstić information content (AvgIpc) is 3.05. The molecule has 5 rings (SSSR count). The zero-order valence-corrected chi connectivity index (χ0v) is 18.8. The molecule has 2 fully saturated rings. The maximum Gasteiger partial charge on any atom is 0.325 e. The van der Waals surface area contributed by atoms with E-state index in [4.69, 9.17) is 0 Å². The van der Waals surface area contributed by atoms with Crippen LogP contribution >= 0.6 is 0 Å². The summed E-state index contributed by atoms with van der Waals surface area (Å²) in [5.74, 6) is -0.352. The standard InChI is InChI=1S/C26H26N4O3/c1-17-7-8-18(2)20(15-17)16-30-24(32)26(28-25(30)33)10-13-29(14-11-26)23(31)22-21-6-4-3-5-19(21)9-12-27-22/h3-9,12,15H,10-11,13-14,16H2,1-2H3,(H,28,33). The second kappa shape index (κ2) is 7.99. The molecule has 168 valence electrons.